The maximum Gasteiger partial charge on any atom is 0.331 e. The molecule has 0 saturated heterocycles. The molecule has 0 unspecified atom stereocenters. The number of carboxylic acids is 1. The number of hydrogen-bond donors (Lipinski definition) is 1. The molecule has 0 bridgehead atoms. The third-order valence-electron chi connectivity index (χ3n) is 3.00. The predicted molar refractivity (Wildman–Crippen MR) is 71.3 cm³/mol. The molecule has 1 aromatic rings. The molecule has 0 aliphatic carbocycles. The maximum atomic E-state index is 12.2. The number of rotatable bonds is 5. The molecule has 0 aromatic carbocycles. The van der Waals surface area contributed by atoms with E-state index >= 15 is 0 Å². The molecule has 0 atom stereocenters. The molecule has 1 heterocycles. The molecule has 5 heteroatoms. The van der Waals surface area contributed by atoms with Crippen LogP contribution in [0.1, 0.15) is 26.3 Å². The first-order chi connectivity index (χ1) is 8.97. The summed E-state index contributed by atoms with van der Waals surface area (Å²) >= 11 is 0. The average Bonchev–Trinajstić information content (AvgIpc) is 2.43. The number of aromatic nitrogens is 1. The highest BCUT2D eigenvalue weighted by Crippen LogP contribution is 2.11. The lowest BCUT2D eigenvalue weighted by molar-refractivity contribution is -0.134. The van der Waals surface area contributed by atoms with Gasteiger partial charge in [-0.25, -0.2) is 4.79 Å². The van der Waals surface area contributed by atoms with Crippen LogP contribution in [0.15, 0.2) is 35.7 Å². The van der Waals surface area contributed by atoms with Crippen LogP contribution >= 0.6 is 0 Å². The van der Waals surface area contributed by atoms with Gasteiger partial charge >= 0.3 is 5.97 Å². The summed E-state index contributed by atoms with van der Waals surface area (Å²) in [6.45, 7) is 5.81. The molecular formula is C14H18N2O3. The Morgan fingerprint density at radius 2 is 1.79 bits per heavy atom. The number of pyridine rings is 1. The van der Waals surface area contributed by atoms with Crippen LogP contribution in [-0.2, 0) is 16.1 Å². The van der Waals surface area contributed by atoms with Gasteiger partial charge in [-0.15, -0.1) is 0 Å². The Labute approximate surface area is 112 Å². The van der Waals surface area contributed by atoms with Gasteiger partial charge in [-0.3, -0.25) is 9.78 Å². The fraction of sp³-hybridized carbons (Fsp3) is 0.357. The number of aliphatic carboxylic acids is 1. The van der Waals surface area contributed by atoms with E-state index in [4.69, 9.17) is 5.11 Å². The fourth-order valence-corrected chi connectivity index (χ4v) is 1.59. The minimum absolute atomic E-state index is 0.0816. The maximum absolute atomic E-state index is 12.2. The van der Waals surface area contributed by atoms with Crippen LogP contribution < -0.4 is 0 Å². The Hall–Kier alpha value is -2.17. The van der Waals surface area contributed by atoms with Gasteiger partial charge < -0.3 is 10.0 Å². The predicted octanol–water partition coefficient (Wildman–Crippen LogP) is 1.85. The molecule has 5 nitrogen and oxygen atoms in total. The molecule has 1 rings (SSSR count). The van der Waals surface area contributed by atoms with Gasteiger partial charge in [0.05, 0.1) is 0 Å². The zero-order chi connectivity index (χ0) is 14.4. The van der Waals surface area contributed by atoms with Gasteiger partial charge in [0.25, 0.3) is 0 Å². The number of amides is 1. The van der Waals surface area contributed by atoms with Crippen molar-refractivity contribution < 1.29 is 14.7 Å². The highest BCUT2D eigenvalue weighted by Gasteiger charge is 2.18. The second-order valence-corrected chi connectivity index (χ2v) is 4.23. The lowest BCUT2D eigenvalue weighted by atomic mass is 10.1. The van der Waals surface area contributed by atoms with Crippen LogP contribution in [0.25, 0.3) is 0 Å². The minimum Gasteiger partial charge on any atom is -0.478 e. The van der Waals surface area contributed by atoms with Gasteiger partial charge in [-0.05, 0) is 38.5 Å². The van der Waals surface area contributed by atoms with Gasteiger partial charge in [0.15, 0.2) is 0 Å². The van der Waals surface area contributed by atoms with Gasteiger partial charge in [0, 0.05) is 36.6 Å². The molecule has 0 fully saturated rings. The minimum atomic E-state index is -1.06. The third-order valence-corrected chi connectivity index (χ3v) is 3.00. The topological polar surface area (TPSA) is 70.5 Å². The molecule has 0 saturated carbocycles. The standard InChI is InChI=1S/C14H18N2O3/c1-4-16(9-12-5-7-15-8-6-12)13(17)10(2)11(3)14(18)19/h5-8H,4,9H2,1-3H3,(H,18,19). The van der Waals surface area contributed by atoms with Gasteiger partial charge in [-0.1, -0.05) is 0 Å². The van der Waals surface area contributed by atoms with Crippen molar-refractivity contribution in [2.75, 3.05) is 6.54 Å². The van der Waals surface area contributed by atoms with Crippen LogP contribution in [0.2, 0.25) is 0 Å². The summed E-state index contributed by atoms with van der Waals surface area (Å²) in [4.78, 5) is 28.6. The summed E-state index contributed by atoms with van der Waals surface area (Å²) in [5, 5.41) is 8.91. The second-order valence-electron chi connectivity index (χ2n) is 4.23. The molecule has 0 radical (unpaired) electrons. The van der Waals surface area contributed by atoms with E-state index in [9.17, 15) is 9.59 Å². The van der Waals surface area contributed by atoms with Crippen LogP contribution in [0, 0.1) is 0 Å². The van der Waals surface area contributed by atoms with Crippen molar-refractivity contribution in [1.82, 2.24) is 9.88 Å². The average molecular weight is 262 g/mol. The number of hydrogen-bond acceptors (Lipinski definition) is 3. The van der Waals surface area contributed by atoms with Gasteiger partial charge in [0.1, 0.15) is 0 Å². The number of likely N-dealkylation sites (N-methyl/N-ethyl adjacent to an activating group) is 1. The molecule has 1 amide bonds. The van der Waals surface area contributed by atoms with Crippen molar-refractivity contribution in [3.05, 3.63) is 41.2 Å². The van der Waals surface area contributed by atoms with Crippen LogP contribution in [0.4, 0.5) is 0 Å². The van der Waals surface area contributed by atoms with E-state index in [0.29, 0.717) is 13.1 Å². The zero-order valence-corrected chi connectivity index (χ0v) is 11.4. The zero-order valence-electron chi connectivity index (χ0n) is 11.4. The van der Waals surface area contributed by atoms with E-state index in [1.807, 2.05) is 19.1 Å². The monoisotopic (exact) mass is 262 g/mol. The van der Waals surface area contributed by atoms with E-state index in [2.05, 4.69) is 4.98 Å². The van der Waals surface area contributed by atoms with Crippen LogP contribution in [0.3, 0.4) is 0 Å². The van der Waals surface area contributed by atoms with Crippen molar-refractivity contribution in [2.45, 2.75) is 27.3 Å². The summed E-state index contributed by atoms with van der Waals surface area (Å²) in [6, 6.07) is 3.66. The first kappa shape index (κ1) is 14.9. The summed E-state index contributed by atoms with van der Waals surface area (Å²) in [5.74, 6) is -1.31. The number of carboxylic acid groups (broad SMARTS) is 1. The summed E-state index contributed by atoms with van der Waals surface area (Å²) in [5.41, 5.74) is 1.31. The Kier molecular flexibility index (Phi) is 5.23. The highest BCUT2D eigenvalue weighted by molar-refractivity contribution is 6.01. The smallest absolute Gasteiger partial charge is 0.331 e. The van der Waals surface area contributed by atoms with Crippen molar-refractivity contribution in [1.29, 1.82) is 0 Å². The second kappa shape index (κ2) is 6.68. The van der Waals surface area contributed by atoms with Crippen LogP contribution in [0.5, 0.6) is 0 Å². The lowest BCUT2D eigenvalue weighted by Gasteiger charge is -2.21. The molecule has 1 N–H and O–H groups in total. The Balaban J connectivity index is 2.89. The van der Waals surface area contributed by atoms with Crippen LogP contribution in [-0.4, -0.2) is 33.4 Å². The SMILES string of the molecule is CCN(Cc1ccncc1)C(=O)C(C)=C(C)C(=O)O. The Bertz CT molecular complexity index is 495. The Morgan fingerprint density at radius 1 is 1.21 bits per heavy atom. The van der Waals surface area contributed by atoms with Gasteiger partial charge in [-0.2, -0.15) is 0 Å². The Morgan fingerprint density at radius 3 is 2.26 bits per heavy atom. The summed E-state index contributed by atoms with van der Waals surface area (Å²) in [7, 11) is 0. The number of nitrogens with zero attached hydrogens (tertiary/aromatic N) is 2. The first-order valence-electron chi connectivity index (χ1n) is 6.06. The van der Waals surface area contributed by atoms with Gasteiger partial charge in [0.2, 0.25) is 5.91 Å². The van der Waals surface area contributed by atoms with Crippen molar-refractivity contribution in [3.63, 3.8) is 0 Å². The number of carbonyl (C=O) groups is 2. The first-order valence-corrected chi connectivity index (χ1v) is 6.06. The van der Waals surface area contributed by atoms with Crippen molar-refractivity contribution in [3.8, 4) is 0 Å². The van der Waals surface area contributed by atoms with Crippen molar-refractivity contribution >= 4 is 11.9 Å². The molecule has 0 aliphatic heterocycles. The highest BCUT2D eigenvalue weighted by atomic mass is 16.4. The molecule has 0 spiro atoms. The molecular weight excluding hydrogens is 244 g/mol. The fourth-order valence-electron chi connectivity index (χ4n) is 1.59. The van der Waals surface area contributed by atoms with E-state index in [1.165, 1.54) is 6.92 Å². The van der Waals surface area contributed by atoms with E-state index in [1.54, 1.807) is 24.2 Å². The summed E-state index contributed by atoms with van der Waals surface area (Å²) in [6.07, 6.45) is 3.33. The largest absolute Gasteiger partial charge is 0.478 e. The lowest BCUT2D eigenvalue weighted by Crippen LogP contribution is -2.31. The molecule has 19 heavy (non-hydrogen) atoms. The molecule has 102 valence electrons. The summed E-state index contributed by atoms with van der Waals surface area (Å²) < 4.78 is 0. The quantitative estimate of drug-likeness (QED) is 0.822. The number of carbonyl (C=O) groups excluding carboxylic acids is 1. The normalized spacial score (nSPS) is 11.7. The molecule has 0 aliphatic rings. The van der Waals surface area contributed by atoms with Crippen molar-refractivity contribution in [2.24, 2.45) is 0 Å². The third kappa shape index (κ3) is 3.91. The molecule has 1 aromatic heterocycles. The van der Waals surface area contributed by atoms with E-state index in [-0.39, 0.29) is 17.1 Å². The van der Waals surface area contributed by atoms with E-state index < -0.39 is 5.97 Å². The van der Waals surface area contributed by atoms with E-state index in [0.717, 1.165) is 5.56 Å².